The monoisotopic (exact) mass is 196 g/mol. The Balaban J connectivity index is 2.59. The van der Waals surface area contributed by atoms with E-state index >= 15 is 0 Å². The topological polar surface area (TPSA) is 38.0 Å². The molecule has 3 heteroatoms. The molecule has 3 N–H and O–H groups in total. The van der Waals surface area contributed by atoms with Crippen LogP contribution in [0.2, 0.25) is 0 Å². The van der Waals surface area contributed by atoms with Crippen molar-refractivity contribution in [3.05, 3.63) is 24.3 Å². The van der Waals surface area contributed by atoms with E-state index in [2.05, 4.69) is 43.4 Å². The van der Waals surface area contributed by atoms with E-state index in [1.165, 1.54) is 4.90 Å². The summed E-state index contributed by atoms with van der Waals surface area (Å²) in [6.45, 7) is 4.87. The summed E-state index contributed by atoms with van der Waals surface area (Å²) in [4.78, 5) is 1.30. The van der Waals surface area contributed by atoms with Gasteiger partial charge in [0.2, 0.25) is 0 Å². The summed E-state index contributed by atoms with van der Waals surface area (Å²) in [6, 6.07) is 8.33. The third-order valence-corrected chi connectivity index (χ3v) is 2.55. The average molecular weight is 196 g/mol. The molecule has 0 aliphatic rings. The van der Waals surface area contributed by atoms with Crippen molar-refractivity contribution in [2.75, 3.05) is 12.0 Å². The largest absolute Gasteiger partial charge is 0.373 e. The molecule has 1 rings (SSSR count). The molecular formula is C10H16N2S. The first kappa shape index (κ1) is 10.4. The zero-order valence-corrected chi connectivity index (χ0v) is 8.90. The second-order valence-corrected chi connectivity index (χ2v) is 4.72. The summed E-state index contributed by atoms with van der Waals surface area (Å²) in [5.74, 6) is 0. The van der Waals surface area contributed by atoms with Gasteiger partial charge in [0.05, 0.1) is 6.67 Å². The maximum Gasteiger partial charge on any atom is 0.0628 e. The van der Waals surface area contributed by atoms with Gasteiger partial charge in [-0.3, -0.25) is 0 Å². The summed E-state index contributed by atoms with van der Waals surface area (Å²) < 4.78 is 0. The van der Waals surface area contributed by atoms with Crippen LogP contribution < -0.4 is 11.1 Å². The van der Waals surface area contributed by atoms with Gasteiger partial charge < -0.3 is 11.1 Å². The molecule has 0 aliphatic heterocycles. The highest BCUT2D eigenvalue weighted by atomic mass is 32.2. The number of anilines is 1. The Kier molecular flexibility index (Phi) is 4.12. The Hall–Kier alpha value is -0.670. The van der Waals surface area contributed by atoms with Crippen LogP contribution in [0, 0.1) is 0 Å². The van der Waals surface area contributed by atoms with Crippen molar-refractivity contribution in [2.24, 2.45) is 5.73 Å². The van der Waals surface area contributed by atoms with E-state index in [0.29, 0.717) is 11.9 Å². The van der Waals surface area contributed by atoms with Crippen LogP contribution in [0.25, 0.3) is 0 Å². The standard InChI is InChI=1S/C10H16N2S/c1-8(2)13-10-5-3-9(4-6-10)12-7-11/h3-6,8,12H,7,11H2,1-2H3. The van der Waals surface area contributed by atoms with Crippen LogP contribution in [-0.2, 0) is 0 Å². The normalized spacial score (nSPS) is 10.5. The fourth-order valence-electron chi connectivity index (χ4n) is 1.04. The Morgan fingerprint density at radius 2 is 1.92 bits per heavy atom. The van der Waals surface area contributed by atoms with Crippen LogP contribution in [0.4, 0.5) is 5.69 Å². The number of hydrogen-bond donors (Lipinski definition) is 2. The summed E-state index contributed by atoms with van der Waals surface area (Å²) >= 11 is 1.87. The smallest absolute Gasteiger partial charge is 0.0628 e. The highest BCUT2D eigenvalue weighted by Crippen LogP contribution is 2.23. The highest BCUT2D eigenvalue weighted by Gasteiger charge is 1.97. The van der Waals surface area contributed by atoms with Crippen LogP contribution in [0.15, 0.2) is 29.2 Å². The minimum Gasteiger partial charge on any atom is -0.373 e. The molecule has 0 aliphatic carbocycles. The lowest BCUT2D eigenvalue weighted by atomic mass is 10.3. The molecule has 0 saturated carbocycles. The van der Waals surface area contributed by atoms with E-state index in [-0.39, 0.29) is 0 Å². The highest BCUT2D eigenvalue weighted by molar-refractivity contribution is 7.99. The molecule has 1 aromatic rings. The Morgan fingerprint density at radius 3 is 2.38 bits per heavy atom. The van der Waals surface area contributed by atoms with Crippen molar-refractivity contribution >= 4 is 17.4 Å². The van der Waals surface area contributed by atoms with Gasteiger partial charge in [-0.15, -0.1) is 11.8 Å². The molecule has 0 radical (unpaired) electrons. The quantitative estimate of drug-likeness (QED) is 0.574. The Morgan fingerprint density at radius 1 is 1.31 bits per heavy atom. The van der Waals surface area contributed by atoms with E-state index in [1.54, 1.807) is 0 Å². The van der Waals surface area contributed by atoms with Gasteiger partial charge in [-0.2, -0.15) is 0 Å². The number of thioether (sulfide) groups is 1. The number of nitrogens with two attached hydrogens (primary N) is 1. The molecule has 13 heavy (non-hydrogen) atoms. The Bertz CT molecular complexity index is 244. The fourth-order valence-corrected chi connectivity index (χ4v) is 1.88. The number of benzene rings is 1. The predicted octanol–water partition coefficient (Wildman–Crippen LogP) is 2.52. The van der Waals surface area contributed by atoms with E-state index in [0.717, 1.165) is 5.69 Å². The van der Waals surface area contributed by atoms with Crippen LogP contribution >= 0.6 is 11.8 Å². The lowest BCUT2D eigenvalue weighted by molar-refractivity contribution is 1.11. The van der Waals surface area contributed by atoms with Crippen LogP contribution in [0.3, 0.4) is 0 Å². The molecule has 1 aromatic carbocycles. The maximum absolute atomic E-state index is 5.36. The van der Waals surface area contributed by atoms with Gasteiger partial charge in [0.25, 0.3) is 0 Å². The lowest BCUT2D eigenvalue weighted by Gasteiger charge is -2.06. The average Bonchev–Trinajstić information content (AvgIpc) is 2.08. The van der Waals surface area contributed by atoms with E-state index in [1.807, 2.05) is 11.8 Å². The van der Waals surface area contributed by atoms with Crippen LogP contribution in [0.5, 0.6) is 0 Å². The molecule has 0 unspecified atom stereocenters. The minimum absolute atomic E-state index is 0.483. The van der Waals surface area contributed by atoms with Gasteiger partial charge >= 0.3 is 0 Å². The molecule has 0 bridgehead atoms. The SMILES string of the molecule is CC(C)Sc1ccc(NCN)cc1. The fraction of sp³-hybridized carbons (Fsp3) is 0.400. The van der Waals surface area contributed by atoms with Crippen molar-refractivity contribution in [1.29, 1.82) is 0 Å². The van der Waals surface area contributed by atoms with Gasteiger partial charge in [-0.25, -0.2) is 0 Å². The van der Waals surface area contributed by atoms with Crippen molar-refractivity contribution < 1.29 is 0 Å². The second-order valence-electron chi connectivity index (χ2n) is 3.07. The van der Waals surface area contributed by atoms with Crippen LogP contribution in [-0.4, -0.2) is 11.9 Å². The predicted molar refractivity (Wildman–Crippen MR) is 60.1 cm³/mol. The van der Waals surface area contributed by atoms with E-state index in [4.69, 9.17) is 5.73 Å². The van der Waals surface area contributed by atoms with Crippen molar-refractivity contribution in [3.63, 3.8) is 0 Å². The summed E-state index contributed by atoms with van der Waals surface area (Å²) in [7, 11) is 0. The molecule has 0 atom stereocenters. The first-order valence-corrected chi connectivity index (χ1v) is 5.31. The van der Waals surface area contributed by atoms with Crippen molar-refractivity contribution in [3.8, 4) is 0 Å². The van der Waals surface area contributed by atoms with E-state index < -0.39 is 0 Å². The lowest BCUT2D eigenvalue weighted by Crippen LogP contribution is -2.10. The number of hydrogen-bond acceptors (Lipinski definition) is 3. The summed E-state index contributed by atoms with van der Waals surface area (Å²) in [5.41, 5.74) is 6.44. The summed E-state index contributed by atoms with van der Waals surface area (Å²) in [6.07, 6.45) is 0. The zero-order valence-electron chi connectivity index (χ0n) is 8.08. The molecule has 0 saturated heterocycles. The molecular weight excluding hydrogens is 180 g/mol. The number of rotatable bonds is 4. The number of nitrogens with one attached hydrogen (secondary N) is 1. The first-order valence-electron chi connectivity index (χ1n) is 4.43. The summed E-state index contributed by atoms with van der Waals surface area (Å²) in [5, 5.41) is 3.69. The molecule has 0 spiro atoms. The van der Waals surface area contributed by atoms with Gasteiger partial charge in [0.15, 0.2) is 0 Å². The van der Waals surface area contributed by atoms with Gasteiger partial charge in [0, 0.05) is 15.8 Å². The third-order valence-electron chi connectivity index (χ3n) is 1.53. The molecule has 2 nitrogen and oxygen atoms in total. The van der Waals surface area contributed by atoms with Gasteiger partial charge in [-0.1, -0.05) is 13.8 Å². The third kappa shape index (κ3) is 3.70. The molecule has 0 heterocycles. The van der Waals surface area contributed by atoms with Crippen molar-refractivity contribution in [2.45, 2.75) is 24.0 Å². The van der Waals surface area contributed by atoms with Crippen molar-refractivity contribution in [1.82, 2.24) is 0 Å². The maximum atomic E-state index is 5.36. The second kappa shape index (κ2) is 5.14. The minimum atomic E-state index is 0.483. The molecule has 0 amide bonds. The molecule has 0 fully saturated rings. The van der Waals surface area contributed by atoms with E-state index in [9.17, 15) is 0 Å². The van der Waals surface area contributed by atoms with Crippen LogP contribution in [0.1, 0.15) is 13.8 Å². The van der Waals surface area contributed by atoms with Gasteiger partial charge in [-0.05, 0) is 24.3 Å². The first-order chi connectivity index (χ1) is 6.22. The Labute approximate surface area is 83.9 Å². The van der Waals surface area contributed by atoms with Gasteiger partial charge in [0.1, 0.15) is 0 Å². The molecule has 72 valence electrons. The zero-order chi connectivity index (χ0) is 9.68. The molecule has 0 aromatic heterocycles.